The van der Waals surface area contributed by atoms with Crippen molar-refractivity contribution in [3.8, 4) is 18.1 Å². The van der Waals surface area contributed by atoms with E-state index in [-0.39, 0.29) is 5.76 Å². The summed E-state index contributed by atoms with van der Waals surface area (Å²) in [5.74, 6) is 2.15. The number of ether oxygens (including phenoxy) is 1. The van der Waals surface area contributed by atoms with Crippen molar-refractivity contribution in [1.82, 2.24) is 0 Å². The van der Waals surface area contributed by atoms with Crippen LogP contribution in [0.15, 0.2) is 30.0 Å². The third-order valence-corrected chi connectivity index (χ3v) is 1.88. The molecule has 0 atom stereocenters. The zero-order valence-corrected chi connectivity index (χ0v) is 9.26. The van der Waals surface area contributed by atoms with Gasteiger partial charge in [0, 0.05) is 11.1 Å². The van der Waals surface area contributed by atoms with Gasteiger partial charge in [-0.2, -0.15) is 0 Å². The Morgan fingerprint density at radius 1 is 1.50 bits per heavy atom. The molecule has 0 N–H and O–H groups in total. The van der Waals surface area contributed by atoms with Gasteiger partial charge in [0.25, 0.3) is 6.43 Å². The number of aryl methyl sites for hydroxylation is 1. The molecule has 0 aliphatic heterocycles. The minimum absolute atomic E-state index is 0.225. The van der Waals surface area contributed by atoms with E-state index in [0.29, 0.717) is 16.8 Å². The largest absolute Gasteiger partial charge is 0.448 e. The molecule has 84 valence electrons. The number of halogens is 3. The van der Waals surface area contributed by atoms with Crippen molar-refractivity contribution in [2.24, 2.45) is 0 Å². The maximum atomic E-state index is 12.1. The molecule has 4 heteroatoms. The molecule has 0 aliphatic carbocycles. The fourth-order valence-electron chi connectivity index (χ4n) is 1.11. The lowest BCUT2D eigenvalue weighted by Gasteiger charge is -2.06. The van der Waals surface area contributed by atoms with E-state index in [4.69, 9.17) is 22.8 Å². The highest BCUT2D eigenvalue weighted by Gasteiger charge is 2.04. The van der Waals surface area contributed by atoms with Gasteiger partial charge in [-0.05, 0) is 36.6 Å². The number of allylic oxidation sites excluding steroid dienone is 2. The van der Waals surface area contributed by atoms with Gasteiger partial charge in [0.1, 0.15) is 5.75 Å². The third kappa shape index (κ3) is 3.92. The lowest BCUT2D eigenvalue weighted by atomic mass is 10.2. The Balaban J connectivity index is 2.91. The summed E-state index contributed by atoms with van der Waals surface area (Å²) in [5.41, 5.74) is 0.857. The van der Waals surface area contributed by atoms with Gasteiger partial charge < -0.3 is 4.74 Å². The third-order valence-electron chi connectivity index (χ3n) is 1.66. The Bertz CT molecular complexity index is 427. The van der Waals surface area contributed by atoms with Crippen LogP contribution in [0.1, 0.15) is 5.56 Å². The Morgan fingerprint density at radius 2 is 2.19 bits per heavy atom. The van der Waals surface area contributed by atoms with Crippen molar-refractivity contribution < 1.29 is 13.5 Å². The summed E-state index contributed by atoms with van der Waals surface area (Å²) < 4.78 is 29.2. The minimum atomic E-state index is -2.65. The first kappa shape index (κ1) is 12.5. The van der Waals surface area contributed by atoms with Crippen LogP contribution >= 0.6 is 11.6 Å². The summed E-state index contributed by atoms with van der Waals surface area (Å²) in [7, 11) is 0. The molecule has 0 heterocycles. The molecule has 1 aromatic rings. The second-order valence-corrected chi connectivity index (χ2v) is 3.51. The zero-order chi connectivity index (χ0) is 12.1. The Kier molecular flexibility index (Phi) is 4.33. The molecule has 16 heavy (non-hydrogen) atoms. The predicted molar refractivity (Wildman–Crippen MR) is 59.7 cm³/mol. The van der Waals surface area contributed by atoms with Crippen LogP contribution in [0.5, 0.6) is 5.75 Å². The van der Waals surface area contributed by atoms with Gasteiger partial charge >= 0.3 is 0 Å². The lowest BCUT2D eigenvalue weighted by molar-refractivity contribution is 0.199. The number of rotatable bonds is 3. The van der Waals surface area contributed by atoms with E-state index < -0.39 is 6.43 Å². The van der Waals surface area contributed by atoms with Crippen molar-refractivity contribution in [1.29, 1.82) is 0 Å². The van der Waals surface area contributed by atoms with Gasteiger partial charge in [-0.25, -0.2) is 8.78 Å². The highest BCUT2D eigenvalue weighted by molar-refractivity contribution is 6.30. The molecule has 1 nitrogen and oxygen atoms in total. The molecular weight excluding hydrogens is 234 g/mol. The number of alkyl halides is 2. The zero-order valence-electron chi connectivity index (χ0n) is 8.51. The molecule has 0 fully saturated rings. The van der Waals surface area contributed by atoms with Crippen molar-refractivity contribution in [3.05, 3.63) is 40.6 Å². The maximum absolute atomic E-state index is 12.1. The van der Waals surface area contributed by atoms with E-state index in [0.717, 1.165) is 5.56 Å². The fraction of sp³-hybridized carbons (Fsp3) is 0.167. The average Bonchev–Trinajstić information content (AvgIpc) is 2.14. The van der Waals surface area contributed by atoms with E-state index in [1.807, 2.05) is 12.8 Å². The first-order chi connectivity index (χ1) is 7.51. The number of hydrogen-bond acceptors (Lipinski definition) is 1. The van der Waals surface area contributed by atoms with Gasteiger partial charge in [0.2, 0.25) is 0 Å². The average molecular weight is 243 g/mol. The van der Waals surface area contributed by atoms with Gasteiger partial charge in [-0.1, -0.05) is 11.6 Å². The molecular formula is C12H9ClF2O. The molecule has 0 radical (unpaired) electrons. The van der Waals surface area contributed by atoms with E-state index >= 15 is 0 Å². The van der Waals surface area contributed by atoms with Crippen LogP contribution in [0.4, 0.5) is 8.78 Å². The van der Waals surface area contributed by atoms with Gasteiger partial charge in [0.05, 0.1) is 0 Å². The fourth-order valence-corrected chi connectivity index (χ4v) is 1.39. The van der Waals surface area contributed by atoms with Crippen LogP contribution in [-0.2, 0) is 0 Å². The summed E-state index contributed by atoms with van der Waals surface area (Å²) in [6, 6.07) is 4.88. The quantitative estimate of drug-likeness (QED) is 0.579. The highest BCUT2D eigenvalue weighted by Crippen LogP contribution is 2.22. The first-order valence-corrected chi connectivity index (χ1v) is 4.80. The van der Waals surface area contributed by atoms with Crippen LogP contribution in [0.2, 0.25) is 5.02 Å². The molecule has 0 aliphatic rings. The smallest absolute Gasteiger partial charge is 0.261 e. The van der Waals surface area contributed by atoms with Crippen LogP contribution < -0.4 is 4.74 Å². The predicted octanol–water partition coefficient (Wildman–Crippen LogP) is 3.81. The standard InChI is InChI=1S/C12H9ClF2O/c1-3-10(7-12(14)15)16-11-5-8(2)4-9(13)6-11/h1,4-7,12H,2H3. The van der Waals surface area contributed by atoms with Gasteiger partial charge in [0.15, 0.2) is 5.76 Å². The van der Waals surface area contributed by atoms with Crippen molar-refractivity contribution in [2.75, 3.05) is 0 Å². The number of terminal acetylenes is 1. The van der Waals surface area contributed by atoms with E-state index in [1.165, 1.54) is 6.07 Å². The SMILES string of the molecule is C#CC(=CC(F)F)Oc1cc(C)cc(Cl)c1. The molecule has 0 saturated carbocycles. The minimum Gasteiger partial charge on any atom is -0.448 e. The molecule has 0 saturated heterocycles. The summed E-state index contributed by atoms with van der Waals surface area (Å²) in [5, 5.41) is 0.461. The van der Waals surface area contributed by atoms with Crippen LogP contribution in [0.3, 0.4) is 0 Å². The maximum Gasteiger partial charge on any atom is 0.261 e. The first-order valence-electron chi connectivity index (χ1n) is 4.43. The summed E-state index contributed by atoms with van der Waals surface area (Å²) in [6.07, 6.45) is 2.95. The molecule has 0 amide bonds. The Morgan fingerprint density at radius 3 is 2.69 bits per heavy atom. The normalized spacial score (nSPS) is 11.4. The lowest BCUT2D eigenvalue weighted by Crippen LogP contribution is -1.96. The van der Waals surface area contributed by atoms with Crippen LogP contribution in [0.25, 0.3) is 0 Å². The molecule has 1 aromatic carbocycles. The molecule has 0 unspecified atom stereocenters. The second kappa shape index (κ2) is 5.53. The summed E-state index contributed by atoms with van der Waals surface area (Å²) in [4.78, 5) is 0. The topological polar surface area (TPSA) is 9.23 Å². The Labute approximate surface area is 97.7 Å². The molecule has 1 rings (SSSR count). The Hall–Kier alpha value is -1.53. The second-order valence-electron chi connectivity index (χ2n) is 3.08. The van der Waals surface area contributed by atoms with E-state index in [9.17, 15) is 8.78 Å². The summed E-state index contributed by atoms with van der Waals surface area (Å²) in [6.45, 7) is 1.81. The van der Waals surface area contributed by atoms with Gasteiger partial charge in [-0.15, -0.1) is 6.42 Å². The van der Waals surface area contributed by atoms with Crippen molar-refractivity contribution >= 4 is 11.6 Å². The van der Waals surface area contributed by atoms with Crippen molar-refractivity contribution in [3.63, 3.8) is 0 Å². The highest BCUT2D eigenvalue weighted by atomic mass is 35.5. The van der Waals surface area contributed by atoms with Crippen LogP contribution in [-0.4, -0.2) is 6.43 Å². The number of hydrogen-bond donors (Lipinski definition) is 0. The van der Waals surface area contributed by atoms with E-state index in [1.54, 1.807) is 12.1 Å². The van der Waals surface area contributed by atoms with Crippen LogP contribution in [0, 0.1) is 19.3 Å². The van der Waals surface area contributed by atoms with Crippen molar-refractivity contribution in [2.45, 2.75) is 13.3 Å². The van der Waals surface area contributed by atoms with E-state index in [2.05, 4.69) is 0 Å². The summed E-state index contributed by atoms with van der Waals surface area (Å²) >= 11 is 5.78. The molecule has 0 spiro atoms. The number of benzene rings is 1. The molecule has 0 bridgehead atoms. The monoisotopic (exact) mass is 242 g/mol. The van der Waals surface area contributed by atoms with Gasteiger partial charge in [-0.3, -0.25) is 0 Å². The molecule has 0 aromatic heterocycles.